The van der Waals surface area contributed by atoms with Crippen LogP contribution < -0.4 is 10.5 Å². The maximum atomic E-state index is 5.95. The molecule has 0 bridgehead atoms. The van der Waals surface area contributed by atoms with E-state index in [9.17, 15) is 0 Å². The molecule has 1 unspecified atom stereocenters. The van der Waals surface area contributed by atoms with E-state index in [4.69, 9.17) is 10.5 Å². The van der Waals surface area contributed by atoms with Gasteiger partial charge in [-0.25, -0.2) is 0 Å². The first-order valence-electron chi connectivity index (χ1n) is 4.63. The lowest BCUT2D eigenvalue weighted by Gasteiger charge is -2.10. The van der Waals surface area contributed by atoms with Crippen LogP contribution in [0.4, 0.5) is 0 Å². The minimum absolute atomic E-state index is 0.233. The quantitative estimate of drug-likeness (QED) is 0.808. The predicted molar refractivity (Wildman–Crippen MR) is 63.1 cm³/mol. The molecule has 0 fully saturated rings. The summed E-state index contributed by atoms with van der Waals surface area (Å²) in [5, 5.41) is 0. The topological polar surface area (TPSA) is 35.2 Å². The SMILES string of the molecule is COc1cccc(CC(N)CSC)c1. The third kappa shape index (κ3) is 3.60. The predicted octanol–water partition coefficient (Wildman–Crippen LogP) is 1.93. The minimum Gasteiger partial charge on any atom is -0.497 e. The Morgan fingerprint density at radius 1 is 1.50 bits per heavy atom. The lowest BCUT2D eigenvalue weighted by Crippen LogP contribution is -2.25. The van der Waals surface area contributed by atoms with Gasteiger partial charge < -0.3 is 10.5 Å². The maximum absolute atomic E-state index is 5.95. The number of hydrogen-bond acceptors (Lipinski definition) is 3. The fourth-order valence-corrected chi connectivity index (χ4v) is 1.92. The molecular formula is C11H17NOS. The molecular weight excluding hydrogens is 194 g/mol. The van der Waals surface area contributed by atoms with Crippen LogP contribution in [0.15, 0.2) is 24.3 Å². The Bertz CT molecular complexity index is 278. The first-order chi connectivity index (χ1) is 6.76. The molecule has 0 heterocycles. The molecule has 0 amide bonds. The summed E-state index contributed by atoms with van der Waals surface area (Å²) in [6.45, 7) is 0. The van der Waals surface area contributed by atoms with Crippen molar-refractivity contribution < 1.29 is 4.74 Å². The van der Waals surface area contributed by atoms with Gasteiger partial charge in [-0.1, -0.05) is 12.1 Å². The van der Waals surface area contributed by atoms with Gasteiger partial charge in [-0.15, -0.1) is 0 Å². The van der Waals surface area contributed by atoms with Gasteiger partial charge in [0.25, 0.3) is 0 Å². The summed E-state index contributed by atoms with van der Waals surface area (Å²) < 4.78 is 5.15. The van der Waals surface area contributed by atoms with E-state index in [0.717, 1.165) is 17.9 Å². The van der Waals surface area contributed by atoms with Crippen molar-refractivity contribution in [3.63, 3.8) is 0 Å². The van der Waals surface area contributed by atoms with Gasteiger partial charge in [0.05, 0.1) is 7.11 Å². The van der Waals surface area contributed by atoms with Gasteiger partial charge in [0, 0.05) is 11.8 Å². The highest BCUT2D eigenvalue weighted by atomic mass is 32.2. The average molecular weight is 211 g/mol. The van der Waals surface area contributed by atoms with Crippen LogP contribution in [0.25, 0.3) is 0 Å². The van der Waals surface area contributed by atoms with Crippen molar-refractivity contribution in [3.8, 4) is 5.75 Å². The largest absolute Gasteiger partial charge is 0.497 e. The molecule has 14 heavy (non-hydrogen) atoms. The number of ether oxygens (including phenoxy) is 1. The Morgan fingerprint density at radius 3 is 2.93 bits per heavy atom. The van der Waals surface area contributed by atoms with Gasteiger partial charge in [-0.05, 0) is 30.4 Å². The molecule has 0 saturated heterocycles. The molecule has 1 aromatic carbocycles. The van der Waals surface area contributed by atoms with E-state index in [0.29, 0.717) is 0 Å². The van der Waals surface area contributed by atoms with E-state index in [2.05, 4.69) is 12.3 Å². The molecule has 3 heteroatoms. The minimum atomic E-state index is 0.233. The first kappa shape index (κ1) is 11.4. The molecule has 2 N–H and O–H groups in total. The van der Waals surface area contributed by atoms with Crippen LogP contribution in [0.2, 0.25) is 0 Å². The Labute approximate surface area is 89.8 Å². The molecule has 0 saturated carbocycles. The van der Waals surface area contributed by atoms with Crippen LogP contribution in [0.5, 0.6) is 5.75 Å². The zero-order valence-corrected chi connectivity index (χ0v) is 9.51. The molecule has 1 rings (SSSR count). The van der Waals surface area contributed by atoms with E-state index < -0.39 is 0 Å². The molecule has 0 aliphatic heterocycles. The molecule has 0 spiro atoms. The summed E-state index contributed by atoms with van der Waals surface area (Å²) in [4.78, 5) is 0. The van der Waals surface area contributed by atoms with Gasteiger partial charge in [0.1, 0.15) is 5.75 Å². The number of rotatable bonds is 5. The number of methoxy groups -OCH3 is 1. The molecule has 0 aromatic heterocycles. The van der Waals surface area contributed by atoms with Crippen molar-refractivity contribution in [1.29, 1.82) is 0 Å². The highest BCUT2D eigenvalue weighted by molar-refractivity contribution is 7.98. The van der Waals surface area contributed by atoms with Crippen molar-refractivity contribution in [2.75, 3.05) is 19.1 Å². The molecule has 1 aromatic rings. The molecule has 0 aliphatic rings. The van der Waals surface area contributed by atoms with E-state index in [-0.39, 0.29) is 6.04 Å². The molecule has 2 nitrogen and oxygen atoms in total. The summed E-state index contributed by atoms with van der Waals surface area (Å²) in [5.74, 6) is 1.90. The molecule has 78 valence electrons. The highest BCUT2D eigenvalue weighted by Gasteiger charge is 2.03. The molecule has 1 atom stereocenters. The van der Waals surface area contributed by atoms with Gasteiger partial charge in [0.2, 0.25) is 0 Å². The smallest absolute Gasteiger partial charge is 0.119 e. The van der Waals surface area contributed by atoms with Crippen LogP contribution in [0.1, 0.15) is 5.56 Å². The van der Waals surface area contributed by atoms with Crippen molar-refractivity contribution in [1.82, 2.24) is 0 Å². The third-order valence-corrected chi connectivity index (χ3v) is 2.77. The third-order valence-electron chi connectivity index (χ3n) is 2.01. The second-order valence-electron chi connectivity index (χ2n) is 3.27. The first-order valence-corrected chi connectivity index (χ1v) is 6.03. The average Bonchev–Trinajstić information content (AvgIpc) is 2.18. The fourth-order valence-electron chi connectivity index (χ4n) is 1.38. The molecule has 0 radical (unpaired) electrons. The Kier molecular flexibility index (Phi) is 4.84. The number of benzene rings is 1. The Hall–Kier alpha value is -0.670. The lowest BCUT2D eigenvalue weighted by atomic mass is 10.1. The van der Waals surface area contributed by atoms with E-state index in [1.54, 1.807) is 18.9 Å². The van der Waals surface area contributed by atoms with Crippen molar-refractivity contribution >= 4 is 11.8 Å². The monoisotopic (exact) mass is 211 g/mol. The van der Waals surface area contributed by atoms with Crippen LogP contribution in [-0.2, 0) is 6.42 Å². The fraction of sp³-hybridized carbons (Fsp3) is 0.455. The van der Waals surface area contributed by atoms with Crippen molar-refractivity contribution in [2.24, 2.45) is 5.73 Å². The summed E-state index contributed by atoms with van der Waals surface area (Å²) in [7, 11) is 1.68. The highest BCUT2D eigenvalue weighted by Crippen LogP contribution is 2.14. The zero-order valence-electron chi connectivity index (χ0n) is 8.69. The Morgan fingerprint density at radius 2 is 2.29 bits per heavy atom. The van der Waals surface area contributed by atoms with Crippen LogP contribution in [0.3, 0.4) is 0 Å². The van der Waals surface area contributed by atoms with Crippen LogP contribution >= 0.6 is 11.8 Å². The van der Waals surface area contributed by atoms with E-state index in [1.807, 2.05) is 18.2 Å². The van der Waals surface area contributed by atoms with Crippen molar-refractivity contribution in [3.05, 3.63) is 29.8 Å². The summed E-state index contributed by atoms with van der Waals surface area (Å²) >= 11 is 1.78. The number of thioether (sulfide) groups is 1. The van der Waals surface area contributed by atoms with Gasteiger partial charge in [-0.3, -0.25) is 0 Å². The molecule has 0 aliphatic carbocycles. The van der Waals surface area contributed by atoms with E-state index >= 15 is 0 Å². The Balaban J connectivity index is 2.57. The van der Waals surface area contributed by atoms with Crippen LogP contribution in [0, 0.1) is 0 Å². The summed E-state index contributed by atoms with van der Waals surface area (Å²) in [5.41, 5.74) is 7.19. The second kappa shape index (κ2) is 5.94. The second-order valence-corrected chi connectivity index (χ2v) is 4.18. The summed E-state index contributed by atoms with van der Waals surface area (Å²) in [6, 6.07) is 8.31. The zero-order chi connectivity index (χ0) is 10.4. The van der Waals surface area contributed by atoms with Crippen LogP contribution in [-0.4, -0.2) is 25.2 Å². The maximum Gasteiger partial charge on any atom is 0.119 e. The standard InChI is InChI=1S/C11H17NOS/c1-13-11-5-3-4-9(7-11)6-10(12)8-14-2/h3-5,7,10H,6,8,12H2,1-2H3. The van der Waals surface area contributed by atoms with Gasteiger partial charge >= 0.3 is 0 Å². The lowest BCUT2D eigenvalue weighted by molar-refractivity contribution is 0.414. The number of hydrogen-bond donors (Lipinski definition) is 1. The van der Waals surface area contributed by atoms with Gasteiger partial charge in [-0.2, -0.15) is 11.8 Å². The summed E-state index contributed by atoms with van der Waals surface area (Å²) in [6.07, 6.45) is 2.99. The number of nitrogens with two attached hydrogens (primary N) is 1. The normalized spacial score (nSPS) is 12.5. The van der Waals surface area contributed by atoms with Gasteiger partial charge in [0.15, 0.2) is 0 Å². The van der Waals surface area contributed by atoms with E-state index in [1.165, 1.54) is 5.56 Å². The van der Waals surface area contributed by atoms with Crippen molar-refractivity contribution in [2.45, 2.75) is 12.5 Å².